The molecule has 0 spiro atoms. The summed E-state index contributed by atoms with van der Waals surface area (Å²) >= 11 is 0. The lowest BCUT2D eigenvalue weighted by atomic mass is 9.84. The summed E-state index contributed by atoms with van der Waals surface area (Å²) in [4.78, 5) is 57.2. The van der Waals surface area contributed by atoms with Crippen LogP contribution in [0.2, 0.25) is 0 Å². The first-order chi connectivity index (χ1) is 44.0. The van der Waals surface area contributed by atoms with E-state index in [1.165, 1.54) is 154 Å². The van der Waals surface area contributed by atoms with Gasteiger partial charge in [-0.25, -0.2) is 0 Å². The minimum Gasteiger partial charge on any atom is -0.349 e. The molecular formula is C82H128N4O4. The molecule has 4 aromatic rings. The largest absolute Gasteiger partial charge is 0.349 e. The van der Waals surface area contributed by atoms with Gasteiger partial charge in [0.05, 0.1) is 0 Å². The van der Waals surface area contributed by atoms with Crippen molar-refractivity contribution in [2.45, 2.75) is 336 Å². The third kappa shape index (κ3) is 30.3. The summed E-state index contributed by atoms with van der Waals surface area (Å²) in [6.45, 7) is 17.9. The van der Waals surface area contributed by atoms with E-state index < -0.39 is 0 Å². The molecule has 8 heteroatoms. The average molecular weight is 1230 g/mol. The monoisotopic (exact) mass is 1230 g/mol. The van der Waals surface area contributed by atoms with Crippen LogP contribution < -0.4 is 21.3 Å². The van der Waals surface area contributed by atoms with Gasteiger partial charge in [-0.05, 0) is 133 Å². The molecule has 0 saturated heterocycles. The van der Waals surface area contributed by atoms with E-state index in [0.29, 0.717) is 22.3 Å². The minimum atomic E-state index is -0.0521. The molecule has 90 heavy (non-hydrogen) atoms. The van der Waals surface area contributed by atoms with Crippen molar-refractivity contribution in [1.29, 1.82) is 0 Å². The molecule has 0 unspecified atom stereocenters. The van der Waals surface area contributed by atoms with Gasteiger partial charge in [0.2, 0.25) is 0 Å². The van der Waals surface area contributed by atoms with Gasteiger partial charge in [0.25, 0.3) is 23.6 Å². The summed E-state index contributed by atoms with van der Waals surface area (Å²) < 4.78 is 0. The number of amides is 4. The second-order valence-corrected chi connectivity index (χ2v) is 26.5. The lowest BCUT2D eigenvalue weighted by molar-refractivity contribution is 0.0923. The zero-order valence-electron chi connectivity index (χ0n) is 58.5. The molecule has 0 fully saturated rings. The van der Waals surface area contributed by atoms with Crippen LogP contribution in [0.3, 0.4) is 0 Å². The second-order valence-electron chi connectivity index (χ2n) is 26.5. The number of hydrogen-bond donors (Lipinski definition) is 4. The van der Waals surface area contributed by atoms with Crippen molar-refractivity contribution in [2.24, 2.45) is 0 Å². The molecule has 0 saturated carbocycles. The fourth-order valence-electron chi connectivity index (χ4n) is 12.8. The summed E-state index contributed by atoms with van der Waals surface area (Å²) in [5.74, 6) is -0.208. The van der Waals surface area contributed by atoms with Gasteiger partial charge in [-0.2, -0.15) is 0 Å². The highest BCUT2D eigenvalue weighted by molar-refractivity contribution is 6.06. The quantitative estimate of drug-likeness (QED) is 0.0260. The molecule has 0 aliphatic rings. The van der Waals surface area contributed by atoms with Gasteiger partial charge in [-0.3, -0.25) is 19.2 Å². The Morgan fingerprint density at radius 1 is 0.211 bits per heavy atom. The van der Waals surface area contributed by atoms with E-state index in [9.17, 15) is 19.2 Å². The van der Waals surface area contributed by atoms with Crippen LogP contribution in [-0.4, -0.2) is 47.8 Å². The minimum absolute atomic E-state index is 0.0521. The summed E-state index contributed by atoms with van der Waals surface area (Å²) in [5, 5.41) is 13.9. The van der Waals surface area contributed by atoms with Crippen molar-refractivity contribution >= 4 is 34.8 Å². The van der Waals surface area contributed by atoms with Gasteiger partial charge in [0.15, 0.2) is 0 Å². The van der Waals surface area contributed by atoms with Gasteiger partial charge in [-0.15, -0.1) is 0 Å². The molecule has 4 N–H and O–H groups in total. The van der Waals surface area contributed by atoms with Crippen molar-refractivity contribution in [1.82, 2.24) is 21.3 Å². The summed E-state index contributed by atoms with van der Waals surface area (Å²) in [5.41, 5.74) is 7.91. The second kappa shape index (κ2) is 48.3. The molecule has 4 aromatic carbocycles. The summed E-state index contributed by atoms with van der Waals surface area (Å²) in [6, 6.07) is 32.7. The predicted octanol–water partition coefficient (Wildman–Crippen LogP) is 22.9. The third-order valence-electron chi connectivity index (χ3n) is 18.6. The number of rotatable bonds is 52. The number of nitrogens with one attached hydrogen (secondary N) is 4. The summed E-state index contributed by atoms with van der Waals surface area (Å²) in [7, 11) is 0. The highest BCUT2D eigenvalue weighted by Crippen LogP contribution is 2.38. The third-order valence-corrected chi connectivity index (χ3v) is 18.6. The number of benzene rings is 4. The molecule has 0 radical (unpaired) electrons. The maximum absolute atomic E-state index is 14.3. The summed E-state index contributed by atoms with van der Waals surface area (Å²) in [6.07, 6.45) is 45.3. The first-order valence-electron chi connectivity index (χ1n) is 37.4. The van der Waals surface area contributed by atoms with Gasteiger partial charge in [-0.1, -0.05) is 309 Å². The molecule has 8 nitrogen and oxygen atoms in total. The highest BCUT2D eigenvalue weighted by atomic mass is 16.2. The lowest BCUT2D eigenvalue weighted by Gasteiger charge is -2.21. The van der Waals surface area contributed by atoms with Crippen LogP contribution in [0.25, 0.3) is 11.1 Å². The Balaban J connectivity index is 1.91. The maximum atomic E-state index is 14.3. The normalized spacial score (nSPS) is 11.5. The van der Waals surface area contributed by atoms with E-state index in [-0.39, 0.29) is 47.8 Å². The van der Waals surface area contributed by atoms with Gasteiger partial charge in [0, 0.05) is 46.4 Å². The number of unbranched alkanes of at least 4 members (excludes halogenated alkanes) is 24. The van der Waals surface area contributed by atoms with Gasteiger partial charge < -0.3 is 21.3 Å². The molecular weight excluding hydrogens is 1100 g/mol. The van der Waals surface area contributed by atoms with E-state index in [1.54, 1.807) is 0 Å². The molecule has 0 aliphatic heterocycles. The van der Waals surface area contributed by atoms with E-state index in [1.807, 2.05) is 48.5 Å². The Kier molecular flexibility index (Phi) is 41.3. The van der Waals surface area contributed by atoms with E-state index in [0.717, 1.165) is 136 Å². The van der Waals surface area contributed by atoms with Crippen molar-refractivity contribution in [3.63, 3.8) is 0 Å². The first-order valence-corrected chi connectivity index (χ1v) is 37.4. The van der Waals surface area contributed by atoms with Gasteiger partial charge >= 0.3 is 0 Å². The van der Waals surface area contributed by atoms with Crippen molar-refractivity contribution in [2.75, 3.05) is 0 Å². The standard InChI is InChI=1S/C82H128N4O4/c1-9-17-25-33-41-73(42-34-26-18-10-2)83-79(87)69-57-49-65(50-58-69)77(66-51-59-70(60-52-66)80(88)84-74(43-35-27-19-11-3)44-36-28-20-12-4)78(67-53-61-71(62-54-67)81(89)85-75(45-37-29-21-13-5)46-38-30-22-14-6)68-55-63-72(64-56-68)82(90)86-76(47-39-31-23-15-7)48-40-32-24-16-8/h49-64,73-76H,9-48H2,1-8H3,(H,83,87)(H,84,88)(H,85,89)(H,86,90). The fourth-order valence-corrected chi connectivity index (χ4v) is 12.8. The van der Waals surface area contributed by atoms with Crippen LogP contribution in [0.5, 0.6) is 0 Å². The highest BCUT2D eigenvalue weighted by Gasteiger charge is 2.23. The zero-order chi connectivity index (χ0) is 64.8. The molecule has 0 aliphatic carbocycles. The van der Waals surface area contributed by atoms with E-state index in [4.69, 9.17) is 0 Å². The van der Waals surface area contributed by atoms with Crippen LogP contribution in [0.15, 0.2) is 97.1 Å². The van der Waals surface area contributed by atoms with Crippen LogP contribution in [0.1, 0.15) is 376 Å². The van der Waals surface area contributed by atoms with Crippen LogP contribution in [-0.2, 0) is 0 Å². The van der Waals surface area contributed by atoms with Crippen LogP contribution >= 0.6 is 0 Å². The van der Waals surface area contributed by atoms with Crippen molar-refractivity contribution in [3.05, 3.63) is 142 Å². The molecule has 0 aromatic heterocycles. The Morgan fingerprint density at radius 3 is 0.478 bits per heavy atom. The van der Waals surface area contributed by atoms with Crippen molar-refractivity contribution in [3.8, 4) is 0 Å². The SMILES string of the molecule is CCCCCCC(CCCCCC)NC(=O)c1ccc(C(=C(c2ccc(C(=O)NC(CCCCCC)CCCCCC)cc2)c2ccc(C(=O)NC(CCCCCC)CCCCCC)cc2)c2ccc(C(=O)NC(CCCCCC)CCCCCC)cc2)cc1. The van der Waals surface area contributed by atoms with E-state index in [2.05, 4.69) is 125 Å². The Morgan fingerprint density at radius 2 is 0.344 bits per heavy atom. The zero-order valence-corrected chi connectivity index (χ0v) is 58.5. The smallest absolute Gasteiger partial charge is 0.251 e. The van der Waals surface area contributed by atoms with Gasteiger partial charge in [0.1, 0.15) is 0 Å². The van der Waals surface area contributed by atoms with E-state index >= 15 is 0 Å². The Hall–Kier alpha value is -5.50. The first kappa shape index (κ1) is 77.0. The van der Waals surface area contributed by atoms with Crippen LogP contribution in [0.4, 0.5) is 0 Å². The number of hydrogen-bond acceptors (Lipinski definition) is 4. The molecule has 500 valence electrons. The molecule has 4 rings (SSSR count). The fraction of sp³-hybridized carbons (Fsp3) is 0.634. The molecule has 0 heterocycles. The number of carbonyl (C=O) groups is 4. The molecule has 4 amide bonds. The lowest BCUT2D eigenvalue weighted by Crippen LogP contribution is -2.35. The van der Waals surface area contributed by atoms with Crippen LogP contribution in [0, 0.1) is 0 Å². The topological polar surface area (TPSA) is 116 Å². The van der Waals surface area contributed by atoms with Crippen molar-refractivity contribution < 1.29 is 19.2 Å². The average Bonchev–Trinajstić information content (AvgIpc) is 0.859. The molecule has 0 atom stereocenters. The Bertz CT molecular complexity index is 2150. The number of carbonyl (C=O) groups excluding carboxylic acids is 4. The molecule has 0 bridgehead atoms. The maximum Gasteiger partial charge on any atom is 0.251 e. The predicted molar refractivity (Wildman–Crippen MR) is 386 cm³/mol. The Labute approximate surface area is 550 Å².